The number of carbonyl (C=O) groups excluding carboxylic acids is 3. The van der Waals surface area contributed by atoms with Crippen molar-refractivity contribution in [3.63, 3.8) is 0 Å². The molecule has 0 bridgehead atoms. The van der Waals surface area contributed by atoms with E-state index in [4.69, 9.17) is 4.74 Å². The molecule has 1 saturated heterocycles. The number of benzene rings is 1. The summed E-state index contributed by atoms with van der Waals surface area (Å²) >= 11 is 0. The number of piperidine rings is 1. The second-order valence-electron chi connectivity index (χ2n) is 6.51. The number of ketones is 1. The van der Waals surface area contributed by atoms with Gasteiger partial charge in [-0.2, -0.15) is 13.2 Å². The van der Waals surface area contributed by atoms with Gasteiger partial charge in [-0.1, -0.05) is 12.1 Å². The van der Waals surface area contributed by atoms with Crippen LogP contribution in [0, 0.1) is 5.92 Å². The number of urea groups is 1. The zero-order valence-corrected chi connectivity index (χ0v) is 15.6. The minimum Gasteiger partial charge on any atom is -0.466 e. The Kier molecular flexibility index (Phi) is 7.42. The smallest absolute Gasteiger partial charge is 0.416 e. The van der Waals surface area contributed by atoms with E-state index >= 15 is 0 Å². The second kappa shape index (κ2) is 9.57. The highest BCUT2D eigenvalue weighted by atomic mass is 19.4. The molecule has 1 aromatic carbocycles. The molecule has 1 aliphatic heterocycles. The van der Waals surface area contributed by atoms with E-state index in [2.05, 4.69) is 5.32 Å². The summed E-state index contributed by atoms with van der Waals surface area (Å²) in [7, 11) is 0. The van der Waals surface area contributed by atoms with Crippen molar-refractivity contribution in [2.45, 2.75) is 32.4 Å². The third-order valence-corrected chi connectivity index (χ3v) is 4.49. The Morgan fingerprint density at radius 3 is 2.50 bits per heavy atom. The zero-order valence-electron chi connectivity index (χ0n) is 15.6. The minimum absolute atomic E-state index is 0.0569. The maximum atomic E-state index is 12.6. The number of nitrogens with one attached hydrogen (secondary N) is 1. The zero-order chi connectivity index (χ0) is 20.7. The van der Waals surface area contributed by atoms with Gasteiger partial charge in [-0.3, -0.25) is 9.59 Å². The Balaban J connectivity index is 1.90. The lowest BCUT2D eigenvalue weighted by molar-refractivity contribution is -0.143. The van der Waals surface area contributed by atoms with Crippen LogP contribution in [0.5, 0.6) is 0 Å². The molecule has 0 spiro atoms. The van der Waals surface area contributed by atoms with Gasteiger partial charge in [0.05, 0.1) is 18.6 Å². The van der Waals surface area contributed by atoms with Gasteiger partial charge in [0, 0.05) is 31.1 Å². The lowest BCUT2D eigenvalue weighted by Crippen LogP contribution is -2.47. The Labute approximate surface area is 161 Å². The van der Waals surface area contributed by atoms with Gasteiger partial charge < -0.3 is 15.0 Å². The molecule has 9 heteroatoms. The summed E-state index contributed by atoms with van der Waals surface area (Å²) in [5.41, 5.74) is -0.613. The van der Waals surface area contributed by atoms with Crippen LogP contribution in [0.4, 0.5) is 18.0 Å². The second-order valence-corrected chi connectivity index (χ2v) is 6.51. The average molecular weight is 400 g/mol. The van der Waals surface area contributed by atoms with Crippen LogP contribution in [-0.4, -0.2) is 48.9 Å². The molecule has 1 aromatic rings. The van der Waals surface area contributed by atoms with Gasteiger partial charge in [-0.25, -0.2) is 4.79 Å². The van der Waals surface area contributed by atoms with Crippen molar-refractivity contribution in [2.75, 3.05) is 26.2 Å². The normalized spacial score (nSPS) is 17.1. The van der Waals surface area contributed by atoms with Gasteiger partial charge in [0.1, 0.15) is 0 Å². The Morgan fingerprint density at radius 2 is 1.89 bits per heavy atom. The van der Waals surface area contributed by atoms with Crippen molar-refractivity contribution in [2.24, 2.45) is 5.92 Å². The number of halogens is 3. The largest absolute Gasteiger partial charge is 0.466 e. The molecule has 0 aliphatic carbocycles. The average Bonchev–Trinajstić information content (AvgIpc) is 2.67. The fraction of sp³-hybridized carbons (Fsp3) is 0.526. The number of carbonyl (C=O) groups is 3. The Hall–Kier alpha value is -2.58. The number of nitrogens with zero attached hydrogens (tertiary/aromatic N) is 1. The molecule has 1 fully saturated rings. The van der Waals surface area contributed by atoms with Crippen molar-refractivity contribution in [1.29, 1.82) is 0 Å². The third-order valence-electron chi connectivity index (χ3n) is 4.49. The van der Waals surface area contributed by atoms with Crippen molar-refractivity contribution in [3.8, 4) is 0 Å². The number of rotatable bonds is 6. The monoisotopic (exact) mass is 400 g/mol. The lowest BCUT2D eigenvalue weighted by atomic mass is 9.90. The Bertz CT molecular complexity index is 704. The molecular formula is C19H23F3N2O4. The van der Waals surface area contributed by atoms with E-state index in [-0.39, 0.29) is 43.5 Å². The lowest BCUT2D eigenvalue weighted by Gasteiger charge is -2.32. The Morgan fingerprint density at radius 1 is 1.21 bits per heavy atom. The fourth-order valence-electron chi connectivity index (χ4n) is 3.05. The molecule has 1 heterocycles. The SMILES string of the molecule is CCOC(=O)CCNC(=O)N1CCCC(C(=O)c2ccc(C(F)(F)F)cc2)C1. The van der Waals surface area contributed by atoms with E-state index in [0.29, 0.717) is 19.4 Å². The first-order valence-electron chi connectivity index (χ1n) is 9.12. The maximum Gasteiger partial charge on any atom is 0.416 e. The van der Waals surface area contributed by atoms with Crippen LogP contribution >= 0.6 is 0 Å². The highest BCUT2D eigenvalue weighted by molar-refractivity contribution is 5.98. The third kappa shape index (κ3) is 5.97. The number of hydrogen-bond donors (Lipinski definition) is 1. The molecule has 1 atom stereocenters. The van der Waals surface area contributed by atoms with Crippen LogP contribution in [0.3, 0.4) is 0 Å². The molecule has 0 saturated carbocycles. The van der Waals surface area contributed by atoms with E-state index in [1.165, 1.54) is 17.0 Å². The minimum atomic E-state index is -4.45. The molecule has 28 heavy (non-hydrogen) atoms. The van der Waals surface area contributed by atoms with Crippen molar-refractivity contribution < 1.29 is 32.3 Å². The van der Waals surface area contributed by atoms with Crippen LogP contribution in [0.25, 0.3) is 0 Å². The molecular weight excluding hydrogens is 377 g/mol. The molecule has 0 aromatic heterocycles. The predicted molar refractivity (Wildman–Crippen MR) is 94.7 cm³/mol. The van der Waals surface area contributed by atoms with Crippen molar-refractivity contribution in [1.82, 2.24) is 10.2 Å². The summed E-state index contributed by atoms with van der Waals surface area (Å²) in [6.45, 7) is 2.75. The summed E-state index contributed by atoms with van der Waals surface area (Å²) in [5, 5.41) is 2.61. The van der Waals surface area contributed by atoms with Crippen molar-refractivity contribution in [3.05, 3.63) is 35.4 Å². The van der Waals surface area contributed by atoms with Gasteiger partial charge in [0.15, 0.2) is 5.78 Å². The van der Waals surface area contributed by atoms with Crippen LogP contribution < -0.4 is 5.32 Å². The summed E-state index contributed by atoms with van der Waals surface area (Å²) in [6.07, 6.45) is -3.22. The molecule has 154 valence electrons. The summed E-state index contributed by atoms with van der Waals surface area (Å²) in [5.74, 6) is -1.16. The van der Waals surface area contributed by atoms with E-state index in [9.17, 15) is 27.6 Å². The fourth-order valence-corrected chi connectivity index (χ4v) is 3.05. The predicted octanol–water partition coefficient (Wildman–Crippen LogP) is 3.26. The molecule has 1 unspecified atom stereocenters. The first kappa shape index (κ1) is 21.7. The number of esters is 1. The summed E-state index contributed by atoms with van der Waals surface area (Å²) < 4.78 is 42.7. The van der Waals surface area contributed by atoms with Gasteiger partial charge in [0.2, 0.25) is 0 Å². The van der Waals surface area contributed by atoms with Gasteiger partial charge >= 0.3 is 18.2 Å². The van der Waals surface area contributed by atoms with E-state index in [1.54, 1.807) is 6.92 Å². The van der Waals surface area contributed by atoms with Gasteiger partial charge in [-0.15, -0.1) is 0 Å². The molecule has 1 N–H and O–H groups in total. The number of likely N-dealkylation sites (tertiary alicyclic amines) is 1. The topological polar surface area (TPSA) is 75.7 Å². The van der Waals surface area contributed by atoms with E-state index in [0.717, 1.165) is 12.1 Å². The van der Waals surface area contributed by atoms with Crippen LogP contribution in [0.2, 0.25) is 0 Å². The quantitative estimate of drug-likeness (QED) is 0.588. The first-order chi connectivity index (χ1) is 13.2. The maximum absolute atomic E-state index is 12.6. The van der Waals surface area contributed by atoms with Crippen LogP contribution in [0.15, 0.2) is 24.3 Å². The van der Waals surface area contributed by atoms with Gasteiger partial charge in [0.25, 0.3) is 0 Å². The first-order valence-corrected chi connectivity index (χ1v) is 9.12. The number of ether oxygens (including phenoxy) is 1. The van der Waals surface area contributed by atoms with Crippen LogP contribution in [0.1, 0.15) is 42.1 Å². The number of hydrogen-bond acceptors (Lipinski definition) is 4. The van der Waals surface area contributed by atoms with E-state index < -0.39 is 23.6 Å². The van der Waals surface area contributed by atoms with Crippen molar-refractivity contribution >= 4 is 17.8 Å². The molecule has 2 amide bonds. The highest BCUT2D eigenvalue weighted by Crippen LogP contribution is 2.30. The molecule has 0 radical (unpaired) electrons. The molecule has 2 rings (SSSR count). The standard InChI is InChI=1S/C19H23F3N2O4/c1-2-28-16(25)9-10-23-18(27)24-11-3-4-14(12-24)17(26)13-5-7-15(8-6-13)19(20,21)22/h5-8,14H,2-4,9-12H2,1H3,(H,23,27). The highest BCUT2D eigenvalue weighted by Gasteiger charge is 2.32. The number of alkyl halides is 3. The van der Waals surface area contributed by atoms with E-state index in [1.807, 2.05) is 0 Å². The summed E-state index contributed by atoms with van der Waals surface area (Å²) in [4.78, 5) is 37.6. The van der Waals surface area contributed by atoms with Gasteiger partial charge in [-0.05, 0) is 31.9 Å². The summed E-state index contributed by atoms with van der Waals surface area (Å²) in [6, 6.07) is 3.73. The molecule has 6 nitrogen and oxygen atoms in total. The number of amides is 2. The van der Waals surface area contributed by atoms with Crippen LogP contribution in [-0.2, 0) is 15.7 Å². The number of Topliss-reactive ketones (excluding diaryl/α,β-unsaturated/α-hetero) is 1. The molecule has 1 aliphatic rings.